The highest BCUT2D eigenvalue weighted by atomic mass is 35.5. The van der Waals surface area contributed by atoms with Crippen molar-refractivity contribution in [3.8, 4) is 11.5 Å². The Balaban J connectivity index is 1.49. The van der Waals surface area contributed by atoms with Crippen LogP contribution in [0.2, 0.25) is 10.0 Å². The molecule has 0 bridgehead atoms. The lowest BCUT2D eigenvalue weighted by atomic mass is 10.2. The van der Waals surface area contributed by atoms with E-state index in [4.69, 9.17) is 27.6 Å². The Kier molecular flexibility index (Phi) is 5.94. The first-order chi connectivity index (χ1) is 14.8. The number of rotatable bonds is 4. The standard InChI is InChI=1S/C20H17Cl2N3O5S/c21-14-3-1-4-15(22)18(14)31(28,29)25-10-8-24(9-11-25)20(27)13-6-7-16(23-19(13)26)17-5-2-12-30-17/h1-7,12H,8-11H2,(H,23,26). The Bertz CT molecular complexity index is 1260. The van der Waals surface area contributed by atoms with Crippen molar-refractivity contribution in [2.45, 2.75) is 4.90 Å². The number of nitrogens with zero attached hydrogens (tertiary/aromatic N) is 2. The summed E-state index contributed by atoms with van der Waals surface area (Å²) in [4.78, 5) is 29.2. The number of amides is 1. The highest BCUT2D eigenvalue weighted by Gasteiger charge is 2.33. The van der Waals surface area contributed by atoms with Crippen LogP contribution >= 0.6 is 23.2 Å². The van der Waals surface area contributed by atoms with E-state index in [1.807, 2.05) is 0 Å². The van der Waals surface area contributed by atoms with Gasteiger partial charge in [-0.05, 0) is 36.4 Å². The minimum atomic E-state index is -3.92. The summed E-state index contributed by atoms with van der Waals surface area (Å²) in [5.41, 5.74) is -0.114. The van der Waals surface area contributed by atoms with Gasteiger partial charge in [0.1, 0.15) is 16.2 Å². The Morgan fingerprint density at radius 3 is 2.23 bits per heavy atom. The summed E-state index contributed by atoms with van der Waals surface area (Å²) in [7, 11) is -3.92. The molecule has 3 heterocycles. The number of carbonyl (C=O) groups excluding carboxylic acids is 1. The second-order valence-corrected chi connectivity index (χ2v) is 9.53. The van der Waals surface area contributed by atoms with Gasteiger partial charge in [0.2, 0.25) is 10.0 Å². The molecule has 8 nitrogen and oxygen atoms in total. The van der Waals surface area contributed by atoms with Crippen molar-refractivity contribution in [3.63, 3.8) is 0 Å². The number of hydrogen-bond acceptors (Lipinski definition) is 5. The number of nitrogens with one attached hydrogen (secondary N) is 1. The normalized spacial score (nSPS) is 15.2. The molecule has 1 saturated heterocycles. The number of benzene rings is 1. The monoisotopic (exact) mass is 481 g/mol. The number of hydrogen-bond donors (Lipinski definition) is 1. The van der Waals surface area contributed by atoms with E-state index in [1.54, 1.807) is 24.3 Å². The zero-order valence-electron chi connectivity index (χ0n) is 16.0. The summed E-state index contributed by atoms with van der Waals surface area (Å²) in [5, 5.41) is 0.0726. The number of H-pyrrole nitrogens is 1. The number of aromatic amines is 1. The van der Waals surface area contributed by atoms with Crippen LogP contribution < -0.4 is 5.56 Å². The van der Waals surface area contributed by atoms with Crippen molar-refractivity contribution in [2.24, 2.45) is 0 Å². The molecule has 0 atom stereocenters. The van der Waals surface area contributed by atoms with Crippen molar-refractivity contribution in [1.82, 2.24) is 14.2 Å². The van der Waals surface area contributed by atoms with Crippen LogP contribution in [0.5, 0.6) is 0 Å². The highest BCUT2D eigenvalue weighted by molar-refractivity contribution is 7.89. The summed E-state index contributed by atoms with van der Waals surface area (Å²) in [6.45, 7) is 0.356. The van der Waals surface area contributed by atoms with Gasteiger partial charge in [-0.2, -0.15) is 4.31 Å². The predicted molar refractivity (Wildman–Crippen MR) is 116 cm³/mol. The van der Waals surface area contributed by atoms with Crippen molar-refractivity contribution in [1.29, 1.82) is 0 Å². The quantitative estimate of drug-likeness (QED) is 0.616. The molecular weight excluding hydrogens is 465 g/mol. The van der Waals surface area contributed by atoms with Crippen molar-refractivity contribution >= 4 is 39.1 Å². The first kappa shape index (κ1) is 21.6. The molecule has 2 aromatic heterocycles. The Labute approximate surface area is 188 Å². The lowest BCUT2D eigenvalue weighted by molar-refractivity contribution is 0.0696. The molecule has 1 fully saturated rings. The minimum absolute atomic E-state index is 0.0271. The molecule has 1 aliphatic heterocycles. The third-order valence-electron chi connectivity index (χ3n) is 4.97. The summed E-state index contributed by atoms with van der Waals surface area (Å²) in [6, 6.07) is 10.9. The Hall–Kier alpha value is -2.59. The number of sulfonamides is 1. The van der Waals surface area contributed by atoms with Crippen molar-refractivity contribution < 1.29 is 17.6 Å². The van der Waals surface area contributed by atoms with Gasteiger partial charge in [0.05, 0.1) is 22.0 Å². The molecule has 1 N–H and O–H groups in total. The topological polar surface area (TPSA) is 104 Å². The third-order valence-corrected chi connectivity index (χ3v) is 7.82. The average molecular weight is 482 g/mol. The Morgan fingerprint density at radius 1 is 0.968 bits per heavy atom. The van der Waals surface area contributed by atoms with Crippen LogP contribution in [0.4, 0.5) is 0 Å². The molecule has 1 aliphatic rings. The van der Waals surface area contributed by atoms with Crippen LogP contribution in [0.15, 0.2) is 62.8 Å². The smallest absolute Gasteiger partial charge is 0.261 e. The first-order valence-electron chi connectivity index (χ1n) is 9.29. The zero-order chi connectivity index (χ0) is 22.2. The van der Waals surface area contributed by atoms with E-state index >= 15 is 0 Å². The third kappa shape index (κ3) is 4.14. The molecule has 162 valence electrons. The maximum absolute atomic E-state index is 13.0. The molecule has 1 amide bonds. The number of furan rings is 1. The van der Waals surface area contributed by atoms with E-state index in [9.17, 15) is 18.0 Å². The largest absolute Gasteiger partial charge is 0.463 e. The fourth-order valence-electron chi connectivity index (χ4n) is 3.38. The van der Waals surface area contributed by atoms with Crippen molar-refractivity contribution in [2.75, 3.05) is 26.2 Å². The van der Waals surface area contributed by atoms with E-state index < -0.39 is 21.5 Å². The minimum Gasteiger partial charge on any atom is -0.463 e. The first-order valence-corrected chi connectivity index (χ1v) is 11.5. The number of pyridine rings is 1. The van der Waals surface area contributed by atoms with Crippen LogP contribution in [0.25, 0.3) is 11.5 Å². The van der Waals surface area contributed by atoms with Gasteiger partial charge in [-0.25, -0.2) is 8.42 Å². The average Bonchev–Trinajstić information content (AvgIpc) is 3.28. The lowest BCUT2D eigenvalue weighted by Crippen LogP contribution is -2.51. The molecule has 11 heteroatoms. The molecule has 0 unspecified atom stereocenters. The van der Waals surface area contributed by atoms with Crippen LogP contribution in [0, 0.1) is 0 Å². The van der Waals surface area contributed by atoms with Crippen LogP contribution in [0.1, 0.15) is 10.4 Å². The molecule has 0 aliphatic carbocycles. The number of halogens is 2. The number of piperazine rings is 1. The number of aromatic nitrogens is 1. The fourth-order valence-corrected chi connectivity index (χ4v) is 5.89. The van der Waals surface area contributed by atoms with Gasteiger partial charge < -0.3 is 14.3 Å². The van der Waals surface area contributed by atoms with Crippen LogP contribution in [0.3, 0.4) is 0 Å². The van der Waals surface area contributed by atoms with E-state index in [-0.39, 0.29) is 46.7 Å². The second-order valence-electron chi connectivity index (χ2n) is 6.84. The van der Waals surface area contributed by atoms with Crippen LogP contribution in [-0.2, 0) is 10.0 Å². The predicted octanol–water partition coefficient (Wildman–Crippen LogP) is 3.09. The summed E-state index contributed by atoms with van der Waals surface area (Å²) in [5.74, 6) is 0.00761. The molecular formula is C20H17Cl2N3O5S. The van der Waals surface area contributed by atoms with E-state index in [0.29, 0.717) is 11.5 Å². The van der Waals surface area contributed by atoms with Gasteiger partial charge >= 0.3 is 0 Å². The lowest BCUT2D eigenvalue weighted by Gasteiger charge is -2.34. The molecule has 0 saturated carbocycles. The molecule has 31 heavy (non-hydrogen) atoms. The maximum Gasteiger partial charge on any atom is 0.261 e. The molecule has 4 rings (SSSR count). The van der Waals surface area contributed by atoms with Crippen molar-refractivity contribution in [3.05, 3.63) is 74.7 Å². The molecule has 0 spiro atoms. The second kappa shape index (κ2) is 8.51. The Morgan fingerprint density at radius 2 is 1.65 bits per heavy atom. The van der Waals surface area contributed by atoms with Gasteiger partial charge in [-0.1, -0.05) is 29.3 Å². The number of carbonyl (C=O) groups is 1. The van der Waals surface area contributed by atoms with E-state index in [2.05, 4.69) is 4.98 Å². The van der Waals surface area contributed by atoms with Gasteiger partial charge in [0, 0.05) is 26.2 Å². The zero-order valence-corrected chi connectivity index (χ0v) is 18.4. The summed E-state index contributed by atoms with van der Waals surface area (Å²) >= 11 is 12.1. The summed E-state index contributed by atoms with van der Waals surface area (Å²) < 4.78 is 32.4. The van der Waals surface area contributed by atoms with Gasteiger partial charge in [-0.3, -0.25) is 9.59 Å². The fraction of sp³-hybridized carbons (Fsp3) is 0.200. The highest BCUT2D eigenvalue weighted by Crippen LogP contribution is 2.32. The van der Waals surface area contributed by atoms with E-state index in [1.165, 1.54) is 33.7 Å². The van der Waals surface area contributed by atoms with E-state index in [0.717, 1.165) is 0 Å². The van der Waals surface area contributed by atoms with Crippen LogP contribution in [-0.4, -0.2) is 54.7 Å². The molecule has 3 aromatic rings. The molecule has 0 radical (unpaired) electrons. The SMILES string of the molecule is O=C(c1ccc(-c2ccco2)[nH]c1=O)N1CCN(S(=O)(=O)c2c(Cl)cccc2Cl)CC1. The van der Waals surface area contributed by atoms with Gasteiger partial charge in [0.25, 0.3) is 11.5 Å². The maximum atomic E-state index is 13.0. The molecule has 1 aromatic carbocycles. The van der Waals surface area contributed by atoms with Gasteiger partial charge in [-0.15, -0.1) is 0 Å². The van der Waals surface area contributed by atoms with Gasteiger partial charge in [0.15, 0.2) is 0 Å². The summed E-state index contributed by atoms with van der Waals surface area (Å²) in [6.07, 6.45) is 1.48.